The SMILES string of the molecule is Cc1ccc(-c2cc(CN)ccc2F)cc1F. The summed E-state index contributed by atoms with van der Waals surface area (Å²) in [6.07, 6.45) is 0. The third-order valence-corrected chi connectivity index (χ3v) is 2.75. The van der Waals surface area contributed by atoms with E-state index in [1.165, 1.54) is 12.1 Å². The quantitative estimate of drug-likeness (QED) is 0.845. The largest absolute Gasteiger partial charge is 0.326 e. The summed E-state index contributed by atoms with van der Waals surface area (Å²) in [4.78, 5) is 0. The Labute approximate surface area is 98.9 Å². The Kier molecular flexibility index (Phi) is 3.20. The molecule has 0 amide bonds. The smallest absolute Gasteiger partial charge is 0.131 e. The number of hydrogen-bond donors (Lipinski definition) is 1. The van der Waals surface area contributed by atoms with Gasteiger partial charge in [-0.15, -0.1) is 0 Å². The number of rotatable bonds is 2. The molecule has 0 radical (unpaired) electrons. The maximum absolute atomic E-state index is 13.7. The van der Waals surface area contributed by atoms with Crippen LogP contribution in [0.25, 0.3) is 11.1 Å². The third kappa shape index (κ3) is 2.34. The molecule has 17 heavy (non-hydrogen) atoms. The zero-order valence-electron chi connectivity index (χ0n) is 9.50. The normalized spacial score (nSPS) is 10.6. The van der Waals surface area contributed by atoms with Crippen LogP contribution in [0.2, 0.25) is 0 Å². The monoisotopic (exact) mass is 233 g/mol. The van der Waals surface area contributed by atoms with Gasteiger partial charge in [0.1, 0.15) is 11.6 Å². The van der Waals surface area contributed by atoms with Crippen LogP contribution >= 0.6 is 0 Å². The summed E-state index contributed by atoms with van der Waals surface area (Å²) in [6.45, 7) is 2.01. The lowest BCUT2D eigenvalue weighted by Gasteiger charge is -2.07. The van der Waals surface area contributed by atoms with Crippen molar-refractivity contribution in [3.8, 4) is 11.1 Å². The fourth-order valence-corrected chi connectivity index (χ4v) is 1.68. The summed E-state index contributed by atoms with van der Waals surface area (Å²) in [5.41, 5.74) is 7.78. The van der Waals surface area contributed by atoms with Crippen molar-refractivity contribution in [2.24, 2.45) is 5.73 Å². The second kappa shape index (κ2) is 4.63. The Morgan fingerprint density at radius 1 is 1.00 bits per heavy atom. The van der Waals surface area contributed by atoms with E-state index in [1.807, 2.05) is 0 Å². The minimum Gasteiger partial charge on any atom is -0.326 e. The molecular weight excluding hydrogens is 220 g/mol. The van der Waals surface area contributed by atoms with Gasteiger partial charge in [-0.1, -0.05) is 18.2 Å². The van der Waals surface area contributed by atoms with Gasteiger partial charge in [0, 0.05) is 12.1 Å². The van der Waals surface area contributed by atoms with Gasteiger partial charge in [-0.2, -0.15) is 0 Å². The number of halogens is 2. The molecule has 0 aliphatic carbocycles. The summed E-state index contributed by atoms with van der Waals surface area (Å²) in [6, 6.07) is 9.32. The van der Waals surface area contributed by atoms with Gasteiger partial charge in [0.15, 0.2) is 0 Å². The minimum atomic E-state index is -0.370. The van der Waals surface area contributed by atoms with E-state index in [0.717, 1.165) is 5.56 Å². The summed E-state index contributed by atoms with van der Waals surface area (Å²) in [5, 5.41) is 0. The lowest BCUT2D eigenvalue weighted by atomic mass is 10.0. The van der Waals surface area contributed by atoms with E-state index in [0.29, 0.717) is 23.2 Å². The van der Waals surface area contributed by atoms with Gasteiger partial charge in [-0.3, -0.25) is 0 Å². The molecule has 0 aliphatic heterocycles. The molecule has 0 saturated heterocycles. The Bertz CT molecular complexity index is 550. The van der Waals surface area contributed by atoms with Gasteiger partial charge in [0.2, 0.25) is 0 Å². The maximum atomic E-state index is 13.7. The van der Waals surface area contributed by atoms with Crippen LogP contribution in [-0.2, 0) is 6.54 Å². The van der Waals surface area contributed by atoms with E-state index in [9.17, 15) is 8.78 Å². The predicted molar refractivity (Wildman–Crippen MR) is 64.4 cm³/mol. The Morgan fingerprint density at radius 2 is 1.76 bits per heavy atom. The number of aryl methyl sites for hydroxylation is 1. The highest BCUT2D eigenvalue weighted by Crippen LogP contribution is 2.25. The van der Waals surface area contributed by atoms with Crippen LogP contribution in [0.1, 0.15) is 11.1 Å². The molecule has 2 aromatic rings. The van der Waals surface area contributed by atoms with Gasteiger partial charge in [-0.25, -0.2) is 8.78 Å². The van der Waals surface area contributed by atoms with Gasteiger partial charge in [0.05, 0.1) is 0 Å². The molecule has 0 aliphatic rings. The number of benzene rings is 2. The molecule has 2 rings (SSSR count). The third-order valence-electron chi connectivity index (χ3n) is 2.75. The Hall–Kier alpha value is -1.74. The van der Waals surface area contributed by atoms with Crippen molar-refractivity contribution in [1.82, 2.24) is 0 Å². The average molecular weight is 233 g/mol. The molecule has 0 bridgehead atoms. The molecular formula is C14H13F2N. The van der Waals surface area contributed by atoms with Crippen LogP contribution in [0.4, 0.5) is 8.78 Å². The molecule has 0 aromatic heterocycles. The highest BCUT2D eigenvalue weighted by molar-refractivity contribution is 5.65. The summed E-state index contributed by atoms with van der Waals surface area (Å²) >= 11 is 0. The first-order chi connectivity index (χ1) is 8.11. The highest BCUT2D eigenvalue weighted by atomic mass is 19.1. The molecule has 2 N–H and O–H groups in total. The number of nitrogens with two attached hydrogens (primary N) is 1. The van der Waals surface area contributed by atoms with E-state index < -0.39 is 0 Å². The summed E-state index contributed by atoms with van der Waals surface area (Å²) in [7, 11) is 0. The van der Waals surface area contributed by atoms with E-state index in [1.54, 1.807) is 31.2 Å². The predicted octanol–water partition coefficient (Wildman–Crippen LogP) is 3.40. The fourth-order valence-electron chi connectivity index (χ4n) is 1.68. The Balaban J connectivity index is 2.55. The topological polar surface area (TPSA) is 26.0 Å². The van der Waals surface area contributed by atoms with Crippen LogP contribution in [0.3, 0.4) is 0 Å². The fraction of sp³-hybridized carbons (Fsp3) is 0.143. The lowest BCUT2D eigenvalue weighted by Crippen LogP contribution is -1.97. The van der Waals surface area contributed by atoms with Crippen LogP contribution in [0.15, 0.2) is 36.4 Å². The molecule has 1 nitrogen and oxygen atoms in total. The van der Waals surface area contributed by atoms with Crippen LogP contribution < -0.4 is 5.73 Å². The minimum absolute atomic E-state index is 0.333. The van der Waals surface area contributed by atoms with Gasteiger partial charge in [0.25, 0.3) is 0 Å². The van der Waals surface area contributed by atoms with Crippen molar-refractivity contribution in [2.75, 3.05) is 0 Å². The molecule has 88 valence electrons. The van der Waals surface area contributed by atoms with E-state index in [-0.39, 0.29) is 11.6 Å². The van der Waals surface area contributed by atoms with Crippen molar-refractivity contribution in [3.63, 3.8) is 0 Å². The van der Waals surface area contributed by atoms with Crippen molar-refractivity contribution in [2.45, 2.75) is 13.5 Å². The molecule has 0 spiro atoms. The van der Waals surface area contributed by atoms with Crippen LogP contribution in [0, 0.1) is 18.6 Å². The molecule has 0 fully saturated rings. The standard InChI is InChI=1S/C14H13F2N/c1-9-2-4-11(7-14(9)16)12-6-10(8-17)3-5-13(12)15/h2-7H,8,17H2,1H3. The number of hydrogen-bond acceptors (Lipinski definition) is 1. The van der Waals surface area contributed by atoms with Crippen molar-refractivity contribution >= 4 is 0 Å². The molecule has 0 atom stereocenters. The molecule has 2 aromatic carbocycles. The first kappa shape index (κ1) is 11.7. The maximum Gasteiger partial charge on any atom is 0.131 e. The van der Waals surface area contributed by atoms with E-state index in [4.69, 9.17) is 5.73 Å². The Morgan fingerprint density at radius 3 is 2.41 bits per heavy atom. The molecule has 0 saturated carbocycles. The lowest BCUT2D eigenvalue weighted by molar-refractivity contribution is 0.617. The summed E-state index contributed by atoms with van der Waals surface area (Å²) in [5.74, 6) is -0.703. The second-order valence-electron chi connectivity index (χ2n) is 3.98. The molecule has 3 heteroatoms. The second-order valence-corrected chi connectivity index (χ2v) is 3.98. The van der Waals surface area contributed by atoms with Gasteiger partial charge in [-0.05, 0) is 41.8 Å². The van der Waals surface area contributed by atoms with Crippen molar-refractivity contribution in [3.05, 3.63) is 59.2 Å². The van der Waals surface area contributed by atoms with Crippen LogP contribution in [0.5, 0.6) is 0 Å². The summed E-state index contributed by atoms with van der Waals surface area (Å²) < 4.78 is 27.1. The zero-order valence-corrected chi connectivity index (χ0v) is 9.50. The molecule has 0 heterocycles. The van der Waals surface area contributed by atoms with E-state index in [2.05, 4.69) is 0 Å². The van der Waals surface area contributed by atoms with Gasteiger partial charge < -0.3 is 5.73 Å². The first-order valence-electron chi connectivity index (χ1n) is 5.37. The van der Waals surface area contributed by atoms with Crippen molar-refractivity contribution in [1.29, 1.82) is 0 Å². The highest BCUT2D eigenvalue weighted by Gasteiger charge is 2.08. The van der Waals surface area contributed by atoms with E-state index >= 15 is 0 Å². The van der Waals surface area contributed by atoms with Crippen molar-refractivity contribution < 1.29 is 8.78 Å². The van der Waals surface area contributed by atoms with Gasteiger partial charge >= 0.3 is 0 Å². The molecule has 0 unspecified atom stereocenters. The zero-order chi connectivity index (χ0) is 12.4. The van der Waals surface area contributed by atoms with Crippen LogP contribution in [-0.4, -0.2) is 0 Å². The first-order valence-corrected chi connectivity index (χ1v) is 5.37. The average Bonchev–Trinajstić information content (AvgIpc) is 2.33.